The van der Waals surface area contributed by atoms with Gasteiger partial charge in [0, 0.05) is 22.5 Å². The Morgan fingerprint density at radius 3 is 2.49 bits per heavy atom. The van der Waals surface area contributed by atoms with Crippen LogP contribution in [-0.2, 0) is 24.7 Å². The summed E-state index contributed by atoms with van der Waals surface area (Å²) >= 11 is 0. The topological polar surface area (TPSA) is 125 Å². The third kappa shape index (κ3) is 5.48. The Morgan fingerprint density at radius 2 is 1.87 bits per heavy atom. The number of rotatable bonds is 9. The van der Waals surface area contributed by atoms with Crippen LogP contribution in [0.15, 0.2) is 59.1 Å². The minimum Gasteiger partial charge on any atom is -0.464 e. The number of aryl methyl sites for hydroxylation is 3. The van der Waals surface area contributed by atoms with E-state index in [1.165, 1.54) is 0 Å². The number of hydrogen-bond donors (Lipinski definition) is 4. The number of carbonyl (C=O) groups is 1. The lowest BCUT2D eigenvalue weighted by atomic mass is 9.84. The molecule has 0 radical (unpaired) electrons. The normalized spacial score (nSPS) is 15.9. The largest absolute Gasteiger partial charge is 0.469 e. The second-order valence-corrected chi connectivity index (χ2v) is 12.6. The highest BCUT2D eigenvalue weighted by molar-refractivity contribution is 7.46. The summed E-state index contributed by atoms with van der Waals surface area (Å²) in [6.45, 7) is 9.58. The van der Waals surface area contributed by atoms with Crippen molar-refractivity contribution in [1.82, 2.24) is 10.3 Å². The number of H-pyrrole nitrogens is 1. The van der Waals surface area contributed by atoms with Gasteiger partial charge in [0.25, 0.3) is 0 Å². The maximum absolute atomic E-state index is 14.0. The van der Waals surface area contributed by atoms with Crippen molar-refractivity contribution in [1.29, 1.82) is 0 Å². The fourth-order valence-corrected chi connectivity index (χ4v) is 5.89. The summed E-state index contributed by atoms with van der Waals surface area (Å²) in [5.74, 6) is 1.42. The summed E-state index contributed by atoms with van der Waals surface area (Å²) in [4.78, 5) is 35.6. The van der Waals surface area contributed by atoms with Gasteiger partial charge in [0.15, 0.2) is 0 Å². The Hall–Kier alpha value is -3.16. The third-order valence-corrected chi connectivity index (χ3v) is 8.26. The van der Waals surface area contributed by atoms with Crippen LogP contribution in [0.2, 0.25) is 0 Å². The predicted molar refractivity (Wildman–Crippen MR) is 150 cm³/mol. The molecule has 39 heavy (non-hydrogen) atoms. The molecule has 1 aliphatic rings. The highest BCUT2D eigenvalue weighted by atomic mass is 31.2. The monoisotopic (exact) mass is 550 g/mol. The highest BCUT2D eigenvalue weighted by Crippen LogP contribution is 2.50. The molecule has 4 aromatic rings. The van der Waals surface area contributed by atoms with Crippen molar-refractivity contribution in [3.8, 4) is 0 Å². The van der Waals surface area contributed by atoms with E-state index in [0.29, 0.717) is 5.76 Å². The van der Waals surface area contributed by atoms with E-state index in [1.54, 1.807) is 0 Å². The molecule has 1 atom stereocenters. The fourth-order valence-electron chi connectivity index (χ4n) is 5.40. The SMILES string of the molecule is Cc1ccc(C(NC(=O)C2(c3ccc4[nH]cc(C(C)(C)COP(=O)(O)O)c4c3)CC2)c2ccc(C)o2)c(C)c1. The molecule has 1 unspecified atom stereocenters. The van der Waals surface area contributed by atoms with Crippen LogP contribution in [0.4, 0.5) is 0 Å². The number of nitrogens with one attached hydrogen (secondary N) is 2. The van der Waals surface area contributed by atoms with Crippen LogP contribution in [-0.4, -0.2) is 27.3 Å². The summed E-state index contributed by atoms with van der Waals surface area (Å²) in [6, 6.07) is 15.6. The van der Waals surface area contributed by atoms with E-state index in [4.69, 9.17) is 8.94 Å². The van der Waals surface area contributed by atoms with Gasteiger partial charge in [-0.2, -0.15) is 0 Å². The number of hydrogen-bond acceptors (Lipinski definition) is 4. The number of carbonyl (C=O) groups excluding carboxylic acids is 1. The maximum Gasteiger partial charge on any atom is 0.469 e. The second kappa shape index (κ2) is 9.79. The van der Waals surface area contributed by atoms with Crippen LogP contribution in [0.1, 0.15) is 72.1 Å². The molecule has 1 fully saturated rings. The summed E-state index contributed by atoms with van der Waals surface area (Å²) in [5, 5.41) is 4.20. The van der Waals surface area contributed by atoms with Gasteiger partial charge < -0.3 is 24.5 Å². The molecule has 4 N–H and O–H groups in total. The van der Waals surface area contributed by atoms with Crippen molar-refractivity contribution in [3.63, 3.8) is 0 Å². The number of phosphoric ester groups is 1. The van der Waals surface area contributed by atoms with Gasteiger partial charge in [-0.3, -0.25) is 9.32 Å². The van der Waals surface area contributed by atoms with Crippen molar-refractivity contribution in [2.24, 2.45) is 0 Å². The van der Waals surface area contributed by atoms with E-state index >= 15 is 0 Å². The maximum atomic E-state index is 14.0. The number of benzene rings is 2. The Kier molecular flexibility index (Phi) is 6.88. The van der Waals surface area contributed by atoms with Crippen LogP contribution in [0.25, 0.3) is 10.9 Å². The Labute approximate surface area is 228 Å². The average Bonchev–Trinajstić information content (AvgIpc) is 3.38. The van der Waals surface area contributed by atoms with Crippen LogP contribution in [0.3, 0.4) is 0 Å². The average molecular weight is 551 g/mol. The van der Waals surface area contributed by atoms with Gasteiger partial charge in [0.05, 0.1) is 12.0 Å². The Morgan fingerprint density at radius 1 is 1.13 bits per heavy atom. The van der Waals surface area contributed by atoms with Gasteiger partial charge in [-0.25, -0.2) is 4.57 Å². The van der Waals surface area contributed by atoms with Gasteiger partial charge >= 0.3 is 7.82 Å². The molecule has 8 nitrogen and oxygen atoms in total. The second-order valence-electron chi connectivity index (χ2n) is 11.4. The number of phosphoric acid groups is 1. The quantitative estimate of drug-likeness (QED) is 0.189. The molecule has 2 aromatic heterocycles. The molecule has 2 aromatic carbocycles. The Bertz CT molecular complexity index is 1590. The molecule has 1 aliphatic carbocycles. The van der Waals surface area contributed by atoms with Crippen LogP contribution in [0.5, 0.6) is 0 Å². The molecule has 0 aliphatic heterocycles. The number of aromatic amines is 1. The Balaban J connectivity index is 1.47. The van der Waals surface area contributed by atoms with Gasteiger partial charge in [-0.1, -0.05) is 43.7 Å². The first-order valence-electron chi connectivity index (χ1n) is 13.1. The van der Waals surface area contributed by atoms with Gasteiger partial charge in [-0.05, 0) is 80.1 Å². The van der Waals surface area contributed by atoms with Crippen LogP contribution < -0.4 is 5.32 Å². The number of furan rings is 1. The van der Waals surface area contributed by atoms with Crippen LogP contribution >= 0.6 is 7.82 Å². The van der Waals surface area contributed by atoms with E-state index in [9.17, 15) is 19.1 Å². The fraction of sp³-hybridized carbons (Fsp3) is 0.367. The first-order valence-corrected chi connectivity index (χ1v) is 14.6. The van der Waals surface area contributed by atoms with E-state index in [2.05, 4.69) is 16.4 Å². The lowest BCUT2D eigenvalue weighted by Crippen LogP contribution is -2.38. The predicted octanol–water partition coefficient (Wildman–Crippen LogP) is 6.01. The molecule has 2 heterocycles. The summed E-state index contributed by atoms with van der Waals surface area (Å²) in [5.41, 5.74) is 4.55. The van der Waals surface area contributed by atoms with Crippen molar-refractivity contribution < 1.29 is 28.1 Å². The standard InChI is InChI=1S/C30H35N2O6P/c1-18-6-9-22(19(2)14-18)27(26-11-7-20(3)38-26)32-28(33)30(12-13-30)21-8-10-25-23(15-21)24(16-31-25)29(4,5)17-37-39(34,35)36/h6-11,14-16,27,31H,12-13,17H2,1-5H3,(H,32,33)(H2,34,35,36). The zero-order chi connectivity index (χ0) is 28.2. The van der Waals surface area contributed by atoms with Gasteiger partial charge in [0.2, 0.25) is 5.91 Å². The minimum atomic E-state index is -4.60. The van der Waals surface area contributed by atoms with Crippen molar-refractivity contribution in [2.45, 2.75) is 64.3 Å². The van der Waals surface area contributed by atoms with Crippen molar-refractivity contribution in [3.05, 3.63) is 94.1 Å². The highest BCUT2D eigenvalue weighted by Gasteiger charge is 2.52. The van der Waals surface area contributed by atoms with Crippen molar-refractivity contribution in [2.75, 3.05) is 6.61 Å². The molecule has 1 saturated carbocycles. The van der Waals surface area contributed by atoms with E-state index < -0.39 is 24.7 Å². The zero-order valence-corrected chi connectivity index (χ0v) is 23.8. The molecule has 1 amide bonds. The van der Waals surface area contributed by atoms with Crippen molar-refractivity contribution >= 4 is 24.6 Å². The first kappa shape index (κ1) is 27.4. The smallest absolute Gasteiger partial charge is 0.464 e. The van der Waals surface area contributed by atoms with E-state index in [0.717, 1.165) is 57.3 Å². The molecular formula is C30H35N2O6P. The lowest BCUT2D eigenvalue weighted by Gasteiger charge is -2.25. The summed E-state index contributed by atoms with van der Waals surface area (Å²) in [7, 11) is -4.60. The number of amides is 1. The first-order chi connectivity index (χ1) is 18.3. The van der Waals surface area contributed by atoms with Gasteiger partial charge in [-0.15, -0.1) is 0 Å². The zero-order valence-electron chi connectivity index (χ0n) is 22.9. The molecule has 5 rings (SSSR count). The van der Waals surface area contributed by atoms with E-state index in [-0.39, 0.29) is 12.5 Å². The number of fused-ring (bicyclic) bond motifs is 1. The third-order valence-electron chi connectivity index (χ3n) is 7.80. The molecule has 0 spiro atoms. The van der Waals surface area contributed by atoms with E-state index in [1.807, 2.05) is 83.3 Å². The molecular weight excluding hydrogens is 515 g/mol. The number of aromatic nitrogens is 1. The lowest BCUT2D eigenvalue weighted by molar-refractivity contribution is -0.124. The summed E-state index contributed by atoms with van der Waals surface area (Å²) in [6.07, 6.45) is 3.30. The van der Waals surface area contributed by atoms with Gasteiger partial charge in [0.1, 0.15) is 17.6 Å². The molecule has 0 saturated heterocycles. The summed E-state index contributed by atoms with van der Waals surface area (Å²) < 4.78 is 22.2. The molecule has 0 bridgehead atoms. The minimum absolute atomic E-state index is 0.0537. The molecule has 9 heteroatoms. The van der Waals surface area contributed by atoms with Crippen LogP contribution in [0, 0.1) is 20.8 Å². The molecule has 206 valence electrons.